The second-order valence-corrected chi connectivity index (χ2v) is 18.9. The van der Waals surface area contributed by atoms with Gasteiger partial charge in [-0.15, -0.1) is 0 Å². The summed E-state index contributed by atoms with van der Waals surface area (Å²) in [5.41, 5.74) is 0. The first-order chi connectivity index (χ1) is 6.53. The summed E-state index contributed by atoms with van der Waals surface area (Å²) in [6, 6.07) is 0. The van der Waals surface area contributed by atoms with E-state index in [1.54, 1.807) is 0 Å². The normalized spacial score (nSPS) is 16.1. The van der Waals surface area contributed by atoms with Crippen LogP contribution in [0.25, 0.3) is 0 Å². The van der Waals surface area contributed by atoms with E-state index >= 15 is 0 Å². The van der Waals surface area contributed by atoms with Crippen LogP contribution in [0.4, 0.5) is 0 Å². The maximum absolute atomic E-state index is 4.22. The summed E-state index contributed by atoms with van der Waals surface area (Å²) >= 11 is 4.22. The molecule has 0 aliphatic heterocycles. The van der Waals surface area contributed by atoms with E-state index < -0.39 is 5.31 Å². The Morgan fingerprint density at radius 1 is 0.733 bits per heavy atom. The van der Waals surface area contributed by atoms with Gasteiger partial charge in [0.15, 0.2) is 0 Å². The summed E-state index contributed by atoms with van der Waals surface area (Å²) in [5.74, 6) is 2.43. The molecule has 0 radical (unpaired) electrons. The van der Waals surface area contributed by atoms with E-state index in [0.717, 1.165) is 17.8 Å². The van der Waals surface area contributed by atoms with Gasteiger partial charge in [-0.05, 0) is 0 Å². The molecule has 94 valence electrons. The molecule has 0 rings (SSSR count). The van der Waals surface area contributed by atoms with Crippen LogP contribution >= 0.6 is 20.8 Å². The summed E-state index contributed by atoms with van der Waals surface area (Å²) in [5, 5.41) is -1.60. The first kappa shape index (κ1) is 15.9. The van der Waals surface area contributed by atoms with Crippen molar-refractivity contribution in [2.75, 3.05) is 25.2 Å². The molecule has 0 heterocycles. The van der Waals surface area contributed by atoms with Gasteiger partial charge >= 0.3 is 105 Å². The molecule has 0 bridgehead atoms. The van der Waals surface area contributed by atoms with Crippen LogP contribution in [-0.2, 0) is 0 Å². The van der Waals surface area contributed by atoms with Crippen molar-refractivity contribution in [3.8, 4) is 0 Å². The predicted molar refractivity (Wildman–Crippen MR) is 80.9 cm³/mol. The zero-order valence-electron chi connectivity index (χ0n) is 11.7. The molecule has 15 heavy (non-hydrogen) atoms. The second-order valence-electron chi connectivity index (χ2n) is 6.88. The maximum atomic E-state index is 4.22. The number of halogens is 1. The topological polar surface area (TPSA) is 0 Å². The van der Waals surface area contributed by atoms with Crippen LogP contribution in [0.3, 0.4) is 0 Å². The standard InChI is InChI=1S/C13H30BrP/c1-11(2)8-15(7,14,9-12(3)4)10-13(5)6/h11-13H,8-10H2,1-7H3. The summed E-state index contributed by atoms with van der Waals surface area (Å²) in [6.07, 6.45) is 4.17. The Balaban J connectivity index is 4.79. The van der Waals surface area contributed by atoms with Crippen molar-refractivity contribution in [1.82, 2.24) is 0 Å². The zero-order chi connectivity index (χ0) is 12.3. The van der Waals surface area contributed by atoms with E-state index in [4.69, 9.17) is 0 Å². The predicted octanol–water partition coefficient (Wildman–Crippen LogP) is 5.45. The van der Waals surface area contributed by atoms with Crippen LogP contribution in [0.15, 0.2) is 0 Å². The van der Waals surface area contributed by atoms with Crippen LogP contribution in [0.5, 0.6) is 0 Å². The van der Waals surface area contributed by atoms with E-state index in [2.05, 4.69) is 63.7 Å². The Bertz CT molecular complexity index is 161. The molecule has 0 unspecified atom stereocenters. The summed E-state index contributed by atoms with van der Waals surface area (Å²) < 4.78 is 0. The molecule has 0 aliphatic carbocycles. The van der Waals surface area contributed by atoms with Gasteiger partial charge in [0.1, 0.15) is 0 Å². The Morgan fingerprint density at radius 2 is 0.933 bits per heavy atom. The fourth-order valence-corrected chi connectivity index (χ4v) is 15.1. The number of rotatable bonds is 6. The van der Waals surface area contributed by atoms with Gasteiger partial charge in [0.25, 0.3) is 0 Å². The van der Waals surface area contributed by atoms with Crippen molar-refractivity contribution in [3.05, 3.63) is 0 Å². The van der Waals surface area contributed by atoms with Gasteiger partial charge in [0, 0.05) is 0 Å². The molecule has 0 amide bonds. The first-order valence-electron chi connectivity index (χ1n) is 6.25. The third-order valence-corrected chi connectivity index (χ3v) is 10.5. The van der Waals surface area contributed by atoms with Gasteiger partial charge in [0.2, 0.25) is 0 Å². The SMILES string of the molecule is CC(C)CP(C)(Br)(CC(C)C)CC(C)C. The van der Waals surface area contributed by atoms with Crippen molar-refractivity contribution < 1.29 is 0 Å². The van der Waals surface area contributed by atoms with Crippen LogP contribution in [0.1, 0.15) is 41.5 Å². The summed E-state index contributed by atoms with van der Waals surface area (Å²) in [4.78, 5) is 0. The van der Waals surface area contributed by atoms with Crippen LogP contribution in [-0.4, -0.2) is 25.2 Å². The molecule has 0 aromatic heterocycles. The number of hydrogen-bond donors (Lipinski definition) is 0. The molecule has 2 heteroatoms. The third-order valence-electron chi connectivity index (χ3n) is 2.62. The van der Waals surface area contributed by atoms with E-state index in [0.29, 0.717) is 0 Å². The molecule has 0 saturated heterocycles. The molecule has 0 aromatic rings. The fraction of sp³-hybridized carbons (Fsp3) is 1.00. The molecule has 0 N–H and O–H groups in total. The van der Waals surface area contributed by atoms with Gasteiger partial charge in [0.05, 0.1) is 0 Å². The van der Waals surface area contributed by atoms with E-state index in [1.807, 2.05) is 0 Å². The Hall–Kier alpha value is 0.910. The van der Waals surface area contributed by atoms with Crippen LogP contribution < -0.4 is 0 Å². The first-order valence-corrected chi connectivity index (χ1v) is 11.5. The molecule has 0 atom stereocenters. The zero-order valence-corrected chi connectivity index (χ0v) is 14.2. The monoisotopic (exact) mass is 296 g/mol. The average molecular weight is 297 g/mol. The van der Waals surface area contributed by atoms with Crippen molar-refractivity contribution >= 4 is 20.8 Å². The molecular weight excluding hydrogens is 267 g/mol. The summed E-state index contributed by atoms with van der Waals surface area (Å²) in [7, 11) is 0. The second kappa shape index (κ2) is 5.50. The van der Waals surface area contributed by atoms with Crippen LogP contribution in [0.2, 0.25) is 0 Å². The Morgan fingerprint density at radius 3 is 1.07 bits per heavy atom. The minimum atomic E-state index is -1.60. The van der Waals surface area contributed by atoms with Crippen molar-refractivity contribution in [2.24, 2.45) is 17.8 Å². The van der Waals surface area contributed by atoms with Crippen molar-refractivity contribution in [1.29, 1.82) is 0 Å². The van der Waals surface area contributed by atoms with E-state index in [-0.39, 0.29) is 0 Å². The molecule has 0 spiro atoms. The van der Waals surface area contributed by atoms with Gasteiger partial charge in [-0.3, -0.25) is 0 Å². The van der Waals surface area contributed by atoms with Gasteiger partial charge in [-0.2, -0.15) is 0 Å². The van der Waals surface area contributed by atoms with Gasteiger partial charge < -0.3 is 0 Å². The molecule has 0 aromatic carbocycles. The van der Waals surface area contributed by atoms with Crippen molar-refractivity contribution in [3.63, 3.8) is 0 Å². The van der Waals surface area contributed by atoms with Crippen LogP contribution in [0, 0.1) is 17.8 Å². The fourth-order valence-electron chi connectivity index (χ4n) is 3.28. The molecule has 0 aliphatic rings. The molecule has 0 saturated carbocycles. The quantitative estimate of drug-likeness (QED) is 0.572. The average Bonchev–Trinajstić information content (AvgIpc) is 1.74. The Labute approximate surface area is 105 Å². The minimum absolute atomic E-state index is 0.810. The molecule has 0 nitrogen and oxygen atoms in total. The Kier molecular flexibility index (Phi) is 5.83. The summed E-state index contributed by atoms with van der Waals surface area (Å²) in [6.45, 7) is 16.7. The van der Waals surface area contributed by atoms with Gasteiger partial charge in [-0.25, -0.2) is 0 Å². The van der Waals surface area contributed by atoms with E-state index in [1.165, 1.54) is 18.5 Å². The third kappa shape index (κ3) is 6.95. The molecular formula is C13H30BrP. The van der Waals surface area contributed by atoms with Gasteiger partial charge in [-0.1, -0.05) is 0 Å². The van der Waals surface area contributed by atoms with Crippen molar-refractivity contribution in [2.45, 2.75) is 41.5 Å². The molecule has 0 fully saturated rings. The number of hydrogen-bond acceptors (Lipinski definition) is 0. The van der Waals surface area contributed by atoms with E-state index in [9.17, 15) is 0 Å².